The molecule has 1 fully saturated rings. The van der Waals surface area contributed by atoms with Gasteiger partial charge in [0.05, 0.1) is 23.5 Å². The monoisotopic (exact) mass is 360 g/mol. The maximum atomic E-state index is 10.2. The number of β-amino-alcohol motifs (C(OH)–C–C–N with tert-alkyl or cyclic N) is 1. The van der Waals surface area contributed by atoms with Crippen molar-refractivity contribution in [3.05, 3.63) is 60.3 Å². The average Bonchev–Trinajstić information content (AvgIpc) is 3.35. The molecule has 136 valence electrons. The van der Waals surface area contributed by atoms with Gasteiger partial charge in [0.15, 0.2) is 0 Å². The zero-order valence-corrected chi connectivity index (χ0v) is 14.7. The van der Waals surface area contributed by atoms with E-state index in [1.807, 2.05) is 42.6 Å². The van der Waals surface area contributed by atoms with Crippen molar-refractivity contribution < 1.29 is 5.11 Å². The Morgan fingerprint density at radius 1 is 1.07 bits per heavy atom. The molecule has 2 unspecified atom stereocenters. The summed E-state index contributed by atoms with van der Waals surface area (Å²) in [7, 11) is 0. The topological polar surface area (TPSA) is 91.7 Å². The number of para-hydroxylation sites is 1. The Bertz CT molecular complexity index is 1070. The lowest BCUT2D eigenvalue weighted by atomic mass is 9.88. The Kier molecular flexibility index (Phi) is 3.95. The number of hydrogen-bond acceptors (Lipinski definition) is 5. The first-order valence-electron chi connectivity index (χ1n) is 9.14. The van der Waals surface area contributed by atoms with Crippen molar-refractivity contribution in [3.63, 3.8) is 0 Å². The van der Waals surface area contributed by atoms with Gasteiger partial charge in [-0.25, -0.2) is 4.68 Å². The lowest BCUT2D eigenvalue weighted by molar-refractivity contribution is 0.118. The summed E-state index contributed by atoms with van der Waals surface area (Å²) in [6.45, 7) is 1.59. The van der Waals surface area contributed by atoms with Gasteiger partial charge in [0.1, 0.15) is 11.4 Å². The fraction of sp³-hybridized carbons (Fsp3) is 0.250. The summed E-state index contributed by atoms with van der Waals surface area (Å²) in [4.78, 5) is 0. The van der Waals surface area contributed by atoms with Gasteiger partial charge in [-0.15, -0.1) is 5.10 Å². The highest BCUT2D eigenvalue weighted by Gasteiger charge is 2.24. The van der Waals surface area contributed by atoms with Gasteiger partial charge >= 0.3 is 0 Å². The molecule has 0 spiro atoms. The fourth-order valence-corrected chi connectivity index (χ4v) is 3.76. The largest absolute Gasteiger partial charge is 0.391 e. The van der Waals surface area contributed by atoms with Gasteiger partial charge < -0.3 is 10.4 Å². The molecule has 0 saturated carbocycles. The van der Waals surface area contributed by atoms with Gasteiger partial charge in [-0.05, 0) is 36.7 Å². The Hall–Kier alpha value is -3.03. The Morgan fingerprint density at radius 3 is 2.78 bits per heavy atom. The van der Waals surface area contributed by atoms with E-state index in [9.17, 15) is 5.11 Å². The first-order valence-corrected chi connectivity index (χ1v) is 9.14. The third kappa shape index (κ3) is 2.90. The van der Waals surface area contributed by atoms with Crippen LogP contribution in [0.3, 0.4) is 0 Å². The molecule has 4 aromatic rings. The standard InChI is InChI=1S/C20H20N6O/c27-19-11-21-10-9-15(19)13-5-7-14(8-6-13)26-12-18(23-25-26)20-16-3-1-2-4-17(16)22-24-20/h1-8,12,15,19,21,27H,9-11H2,(H,22,24). The van der Waals surface area contributed by atoms with E-state index < -0.39 is 0 Å². The molecule has 0 bridgehead atoms. The molecule has 7 nitrogen and oxygen atoms in total. The number of rotatable bonds is 3. The van der Waals surface area contributed by atoms with Gasteiger partial charge in [-0.2, -0.15) is 5.10 Å². The summed E-state index contributed by atoms with van der Waals surface area (Å²) in [5.41, 5.74) is 4.59. The first-order chi connectivity index (χ1) is 13.3. The molecular formula is C20H20N6O. The predicted octanol–water partition coefficient (Wildman–Crippen LogP) is 2.25. The van der Waals surface area contributed by atoms with Crippen LogP contribution in [0.1, 0.15) is 17.9 Å². The third-order valence-corrected chi connectivity index (χ3v) is 5.24. The molecule has 0 radical (unpaired) electrons. The van der Waals surface area contributed by atoms with Crippen molar-refractivity contribution in [2.75, 3.05) is 13.1 Å². The van der Waals surface area contributed by atoms with Crippen molar-refractivity contribution in [2.45, 2.75) is 18.4 Å². The second-order valence-electron chi connectivity index (χ2n) is 6.92. The molecule has 1 aliphatic heterocycles. The summed E-state index contributed by atoms with van der Waals surface area (Å²) >= 11 is 0. The van der Waals surface area contributed by atoms with E-state index in [4.69, 9.17) is 0 Å². The molecule has 2 aromatic heterocycles. The summed E-state index contributed by atoms with van der Waals surface area (Å²) in [5.74, 6) is 0.182. The fourth-order valence-electron chi connectivity index (χ4n) is 3.76. The van der Waals surface area contributed by atoms with Crippen molar-refractivity contribution in [3.8, 4) is 17.1 Å². The Morgan fingerprint density at radius 2 is 1.93 bits per heavy atom. The van der Waals surface area contributed by atoms with Crippen LogP contribution in [0, 0.1) is 0 Å². The van der Waals surface area contributed by atoms with Gasteiger partial charge in [0, 0.05) is 17.8 Å². The van der Waals surface area contributed by atoms with Gasteiger partial charge in [0.2, 0.25) is 0 Å². The van der Waals surface area contributed by atoms with Crippen LogP contribution in [0.25, 0.3) is 28.0 Å². The minimum atomic E-state index is -0.337. The molecule has 2 atom stereocenters. The number of nitrogens with one attached hydrogen (secondary N) is 2. The van der Waals surface area contributed by atoms with E-state index >= 15 is 0 Å². The quantitative estimate of drug-likeness (QED) is 0.521. The minimum absolute atomic E-state index is 0.182. The molecule has 0 aliphatic carbocycles. The molecule has 7 heteroatoms. The number of aliphatic hydroxyl groups excluding tert-OH is 1. The number of aromatic nitrogens is 5. The van der Waals surface area contributed by atoms with Crippen LogP contribution in [0.5, 0.6) is 0 Å². The van der Waals surface area contributed by atoms with Crippen LogP contribution in [-0.4, -0.2) is 49.5 Å². The predicted molar refractivity (Wildman–Crippen MR) is 103 cm³/mol. The van der Waals surface area contributed by atoms with Crippen LogP contribution >= 0.6 is 0 Å². The minimum Gasteiger partial charge on any atom is -0.391 e. The van der Waals surface area contributed by atoms with Crippen molar-refractivity contribution in [2.24, 2.45) is 0 Å². The van der Waals surface area contributed by atoms with E-state index in [0.717, 1.165) is 46.5 Å². The number of fused-ring (bicyclic) bond motifs is 1. The average molecular weight is 360 g/mol. The second kappa shape index (κ2) is 6.61. The summed E-state index contributed by atoms with van der Waals surface area (Å²) in [6, 6.07) is 16.1. The SMILES string of the molecule is OC1CNCCC1c1ccc(-n2cc(-c3n[nH]c4ccccc34)nn2)cc1. The van der Waals surface area contributed by atoms with Crippen LogP contribution < -0.4 is 5.32 Å². The molecule has 3 heterocycles. The highest BCUT2D eigenvalue weighted by Crippen LogP contribution is 2.27. The Balaban J connectivity index is 1.43. The number of aromatic amines is 1. The van der Waals surface area contributed by atoms with E-state index in [1.54, 1.807) is 4.68 Å². The number of aliphatic hydroxyl groups is 1. The number of nitrogens with zero attached hydrogens (tertiary/aromatic N) is 4. The second-order valence-corrected chi connectivity index (χ2v) is 6.92. The summed E-state index contributed by atoms with van der Waals surface area (Å²) in [5, 5.41) is 30.4. The zero-order valence-electron chi connectivity index (χ0n) is 14.7. The number of piperidine rings is 1. The summed E-state index contributed by atoms with van der Waals surface area (Å²) < 4.78 is 1.75. The van der Waals surface area contributed by atoms with Gasteiger partial charge in [-0.3, -0.25) is 5.10 Å². The molecule has 1 saturated heterocycles. The molecule has 5 rings (SSSR count). The highest BCUT2D eigenvalue weighted by molar-refractivity contribution is 5.91. The van der Waals surface area contributed by atoms with Crippen LogP contribution in [0.2, 0.25) is 0 Å². The van der Waals surface area contributed by atoms with Crippen molar-refractivity contribution in [1.82, 2.24) is 30.5 Å². The number of benzene rings is 2. The van der Waals surface area contributed by atoms with Crippen molar-refractivity contribution >= 4 is 10.9 Å². The molecular weight excluding hydrogens is 340 g/mol. The summed E-state index contributed by atoms with van der Waals surface area (Å²) in [6.07, 6.45) is 2.49. The maximum absolute atomic E-state index is 10.2. The third-order valence-electron chi connectivity index (χ3n) is 5.24. The van der Waals surface area contributed by atoms with Crippen molar-refractivity contribution in [1.29, 1.82) is 0 Å². The number of H-pyrrole nitrogens is 1. The maximum Gasteiger partial charge on any atom is 0.134 e. The lowest BCUT2D eigenvalue weighted by Crippen LogP contribution is -2.39. The molecule has 0 amide bonds. The van der Waals surface area contributed by atoms with Crippen LogP contribution in [-0.2, 0) is 0 Å². The first kappa shape index (κ1) is 16.2. The van der Waals surface area contributed by atoms with E-state index in [0.29, 0.717) is 6.54 Å². The highest BCUT2D eigenvalue weighted by atomic mass is 16.3. The van der Waals surface area contributed by atoms with E-state index in [-0.39, 0.29) is 12.0 Å². The molecule has 2 aromatic carbocycles. The van der Waals surface area contributed by atoms with E-state index in [1.165, 1.54) is 0 Å². The number of hydrogen-bond donors (Lipinski definition) is 3. The normalized spacial score (nSPS) is 20.2. The Labute approximate surface area is 156 Å². The van der Waals surface area contributed by atoms with Crippen LogP contribution in [0.4, 0.5) is 0 Å². The molecule has 27 heavy (non-hydrogen) atoms. The van der Waals surface area contributed by atoms with Crippen LogP contribution in [0.15, 0.2) is 54.7 Å². The van der Waals surface area contributed by atoms with Gasteiger partial charge in [0.25, 0.3) is 0 Å². The van der Waals surface area contributed by atoms with E-state index in [2.05, 4.69) is 38.0 Å². The smallest absolute Gasteiger partial charge is 0.134 e. The molecule has 3 N–H and O–H groups in total. The lowest BCUT2D eigenvalue weighted by Gasteiger charge is -2.28. The zero-order chi connectivity index (χ0) is 18.2. The van der Waals surface area contributed by atoms with Gasteiger partial charge in [-0.1, -0.05) is 35.5 Å². The molecule has 1 aliphatic rings.